The van der Waals surface area contributed by atoms with Crippen molar-refractivity contribution < 1.29 is 4.74 Å². The van der Waals surface area contributed by atoms with E-state index in [1.165, 1.54) is 11.1 Å². The molecule has 1 fully saturated rings. The van der Waals surface area contributed by atoms with Crippen LogP contribution < -0.4 is 10.5 Å². The van der Waals surface area contributed by atoms with Crippen molar-refractivity contribution in [1.82, 2.24) is 14.5 Å². The number of aryl methyl sites for hydroxylation is 1. The van der Waals surface area contributed by atoms with Gasteiger partial charge >= 0.3 is 0 Å². The minimum atomic E-state index is -0.0592. The number of rotatable bonds is 2. The first-order valence-electron chi connectivity index (χ1n) is 9.67. The lowest BCUT2D eigenvalue weighted by molar-refractivity contribution is 0.00176. The Morgan fingerprint density at radius 2 is 1.96 bits per heavy atom. The van der Waals surface area contributed by atoms with Crippen LogP contribution in [0.2, 0.25) is 0 Å². The van der Waals surface area contributed by atoms with E-state index in [0.29, 0.717) is 18.2 Å². The summed E-state index contributed by atoms with van der Waals surface area (Å²) in [5.41, 5.74) is 4.14. The minimum Gasteiger partial charge on any atom is -0.370 e. The Balaban J connectivity index is 1.58. The number of morpholine rings is 1. The van der Waals surface area contributed by atoms with Crippen LogP contribution in [0, 0.1) is 0 Å². The second-order valence-electron chi connectivity index (χ2n) is 7.36. The SMILES string of the molecule is Cn1c(N2CCO[C@@H]3c4ccccc4CC[C@H]32)nc(-c2ccncc2)cc1=O. The van der Waals surface area contributed by atoms with Crippen LogP contribution in [0.3, 0.4) is 0 Å². The lowest BCUT2D eigenvalue weighted by Crippen LogP contribution is -2.51. The summed E-state index contributed by atoms with van der Waals surface area (Å²) >= 11 is 0. The van der Waals surface area contributed by atoms with Crippen LogP contribution in [-0.2, 0) is 18.2 Å². The Hall–Kier alpha value is -2.99. The maximum Gasteiger partial charge on any atom is 0.255 e. The van der Waals surface area contributed by atoms with Crippen LogP contribution >= 0.6 is 0 Å². The Morgan fingerprint density at radius 3 is 2.82 bits per heavy atom. The molecule has 0 saturated carbocycles. The fourth-order valence-electron chi connectivity index (χ4n) is 4.37. The van der Waals surface area contributed by atoms with Gasteiger partial charge < -0.3 is 9.64 Å². The van der Waals surface area contributed by atoms with E-state index < -0.39 is 0 Å². The third kappa shape index (κ3) is 2.81. The quantitative estimate of drug-likeness (QED) is 0.690. The molecule has 0 radical (unpaired) electrons. The lowest BCUT2D eigenvalue weighted by atomic mass is 9.84. The molecule has 0 bridgehead atoms. The van der Waals surface area contributed by atoms with E-state index in [-0.39, 0.29) is 17.7 Å². The highest BCUT2D eigenvalue weighted by Crippen LogP contribution is 2.39. The zero-order chi connectivity index (χ0) is 19.1. The summed E-state index contributed by atoms with van der Waals surface area (Å²) in [7, 11) is 1.79. The Bertz CT molecular complexity index is 1060. The van der Waals surface area contributed by atoms with E-state index in [4.69, 9.17) is 9.72 Å². The van der Waals surface area contributed by atoms with Crippen molar-refractivity contribution in [3.63, 3.8) is 0 Å². The predicted molar refractivity (Wildman–Crippen MR) is 107 cm³/mol. The molecule has 2 atom stereocenters. The van der Waals surface area contributed by atoms with E-state index >= 15 is 0 Å². The van der Waals surface area contributed by atoms with Crippen molar-refractivity contribution in [2.45, 2.75) is 25.0 Å². The third-order valence-electron chi connectivity index (χ3n) is 5.79. The Morgan fingerprint density at radius 1 is 1.14 bits per heavy atom. The second kappa shape index (κ2) is 6.87. The third-order valence-corrected chi connectivity index (χ3v) is 5.79. The summed E-state index contributed by atoms with van der Waals surface area (Å²) in [4.78, 5) is 23.9. The monoisotopic (exact) mass is 374 g/mol. The van der Waals surface area contributed by atoms with Crippen LogP contribution in [0.25, 0.3) is 11.3 Å². The van der Waals surface area contributed by atoms with Gasteiger partial charge in [0.2, 0.25) is 5.95 Å². The molecule has 6 heteroatoms. The number of benzene rings is 1. The molecular formula is C22H22N4O2. The molecule has 1 saturated heterocycles. The molecule has 3 aromatic rings. The molecule has 0 N–H and O–H groups in total. The Labute approximate surface area is 163 Å². The van der Waals surface area contributed by atoms with Gasteiger partial charge in [-0.15, -0.1) is 0 Å². The Kier molecular flexibility index (Phi) is 4.20. The van der Waals surface area contributed by atoms with E-state index in [0.717, 1.165) is 24.9 Å². The molecule has 0 spiro atoms. The van der Waals surface area contributed by atoms with E-state index in [1.54, 1.807) is 30.1 Å². The number of nitrogens with zero attached hydrogens (tertiary/aromatic N) is 4. The number of pyridine rings is 1. The average molecular weight is 374 g/mol. The summed E-state index contributed by atoms with van der Waals surface area (Å²) in [5.74, 6) is 0.706. The summed E-state index contributed by atoms with van der Waals surface area (Å²) in [6.07, 6.45) is 5.44. The highest BCUT2D eigenvalue weighted by atomic mass is 16.5. The first-order chi connectivity index (χ1) is 13.7. The van der Waals surface area contributed by atoms with E-state index in [2.05, 4.69) is 34.1 Å². The lowest BCUT2D eigenvalue weighted by Gasteiger charge is -2.45. The standard InChI is InChI=1S/C22H22N4O2/c1-25-20(27)14-18(16-8-10-23-11-9-16)24-22(25)26-12-13-28-21-17-5-3-2-4-15(17)6-7-19(21)26/h2-5,8-11,14,19,21H,6-7,12-13H2,1H3/t19-,21-/m1/s1. The first kappa shape index (κ1) is 17.1. The molecule has 2 aliphatic rings. The summed E-state index contributed by atoms with van der Waals surface area (Å²) in [6, 6.07) is 14.0. The van der Waals surface area contributed by atoms with E-state index in [1.807, 2.05) is 12.1 Å². The van der Waals surface area contributed by atoms with Crippen molar-refractivity contribution >= 4 is 5.95 Å². The fourth-order valence-corrected chi connectivity index (χ4v) is 4.37. The fraction of sp³-hybridized carbons (Fsp3) is 0.318. The van der Waals surface area contributed by atoms with E-state index in [9.17, 15) is 4.79 Å². The van der Waals surface area contributed by atoms with Gasteiger partial charge in [0, 0.05) is 37.6 Å². The first-order valence-corrected chi connectivity index (χ1v) is 9.67. The van der Waals surface area contributed by atoms with Crippen LogP contribution in [0.4, 0.5) is 5.95 Å². The van der Waals surface area contributed by atoms with Gasteiger partial charge in [-0.2, -0.15) is 0 Å². The van der Waals surface area contributed by atoms with Crippen LogP contribution in [-0.4, -0.2) is 33.7 Å². The van der Waals surface area contributed by atoms with Crippen LogP contribution in [0.5, 0.6) is 0 Å². The van der Waals surface area contributed by atoms with Gasteiger partial charge in [-0.25, -0.2) is 4.98 Å². The molecule has 1 aromatic carbocycles. The molecule has 1 aliphatic carbocycles. The molecule has 6 nitrogen and oxygen atoms in total. The summed E-state index contributed by atoms with van der Waals surface area (Å²) in [6.45, 7) is 1.34. The maximum absolute atomic E-state index is 12.7. The molecule has 28 heavy (non-hydrogen) atoms. The van der Waals surface area contributed by atoms with Gasteiger partial charge in [0.25, 0.3) is 5.56 Å². The molecule has 1 aliphatic heterocycles. The molecule has 0 unspecified atom stereocenters. The number of fused-ring (bicyclic) bond motifs is 3. The van der Waals surface area contributed by atoms with Gasteiger partial charge in [0.05, 0.1) is 18.3 Å². The largest absolute Gasteiger partial charge is 0.370 e. The number of ether oxygens (including phenoxy) is 1. The van der Waals surface area contributed by atoms with Crippen molar-refractivity contribution in [3.8, 4) is 11.3 Å². The molecule has 3 heterocycles. The zero-order valence-electron chi connectivity index (χ0n) is 15.8. The smallest absolute Gasteiger partial charge is 0.255 e. The molecular weight excluding hydrogens is 352 g/mol. The van der Waals surface area contributed by atoms with Gasteiger partial charge in [-0.3, -0.25) is 14.3 Å². The highest BCUT2D eigenvalue weighted by molar-refractivity contribution is 5.59. The van der Waals surface area contributed by atoms with Gasteiger partial charge in [0.1, 0.15) is 6.10 Å². The molecule has 5 rings (SSSR count). The molecule has 2 aromatic heterocycles. The normalized spacial score (nSPS) is 21.1. The number of anilines is 1. The van der Waals surface area contributed by atoms with Crippen molar-refractivity contribution in [2.75, 3.05) is 18.1 Å². The second-order valence-corrected chi connectivity index (χ2v) is 7.36. The summed E-state index contributed by atoms with van der Waals surface area (Å²) in [5, 5.41) is 0. The molecule has 142 valence electrons. The zero-order valence-corrected chi connectivity index (χ0v) is 15.8. The van der Waals surface area contributed by atoms with Gasteiger partial charge in [-0.1, -0.05) is 24.3 Å². The number of hydrogen-bond acceptors (Lipinski definition) is 5. The molecule has 0 amide bonds. The highest BCUT2D eigenvalue weighted by Gasteiger charge is 2.38. The van der Waals surface area contributed by atoms with Crippen LogP contribution in [0.1, 0.15) is 23.7 Å². The van der Waals surface area contributed by atoms with Crippen molar-refractivity contribution in [2.24, 2.45) is 7.05 Å². The van der Waals surface area contributed by atoms with Crippen molar-refractivity contribution in [1.29, 1.82) is 0 Å². The number of hydrogen-bond donors (Lipinski definition) is 0. The summed E-state index contributed by atoms with van der Waals surface area (Å²) < 4.78 is 7.83. The maximum atomic E-state index is 12.7. The van der Waals surface area contributed by atoms with Crippen molar-refractivity contribution in [3.05, 3.63) is 76.3 Å². The minimum absolute atomic E-state index is 0.0141. The average Bonchev–Trinajstić information content (AvgIpc) is 2.75. The number of aromatic nitrogens is 3. The predicted octanol–water partition coefficient (Wildman–Crippen LogP) is 2.74. The topological polar surface area (TPSA) is 60.2 Å². The van der Waals surface area contributed by atoms with Crippen LogP contribution in [0.15, 0.2) is 59.7 Å². The van der Waals surface area contributed by atoms with Gasteiger partial charge in [0.15, 0.2) is 0 Å². The van der Waals surface area contributed by atoms with Gasteiger partial charge in [-0.05, 0) is 36.1 Å².